The predicted molar refractivity (Wildman–Crippen MR) is 87.6 cm³/mol. The molecule has 6 nitrogen and oxygen atoms in total. The van der Waals surface area contributed by atoms with Gasteiger partial charge >= 0.3 is 0 Å². The summed E-state index contributed by atoms with van der Waals surface area (Å²) < 4.78 is 10.5. The lowest BCUT2D eigenvalue weighted by Crippen LogP contribution is -2.14. The Hall–Kier alpha value is -3.54. The van der Waals surface area contributed by atoms with Gasteiger partial charge in [-0.15, -0.1) is 0 Å². The van der Waals surface area contributed by atoms with Crippen molar-refractivity contribution in [1.82, 2.24) is 0 Å². The predicted octanol–water partition coefficient (Wildman–Crippen LogP) is 3.39. The Bertz CT molecular complexity index is 901. The molecule has 0 unspecified atom stereocenters. The summed E-state index contributed by atoms with van der Waals surface area (Å²) in [5.41, 5.74) is -0.172. The van der Waals surface area contributed by atoms with Crippen molar-refractivity contribution in [3.05, 3.63) is 82.9 Å². The normalized spacial score (nSPS) is 10.2. The number of hydrogen-bond acceptors (Lipinski definition) is 5. The van der Waals surface area contributed by atoms with Crippen LogP contribution >= 0.6 is 0 Å². The highest BCUT2D eigenvalue weighted by Gasteiger charge is 2.11. The Morgan fingerprint density at radius 3 is 2.33 bits per heavy atom. The number of carbonyl (C=O) groups excluding carboxylic acids is 1. The first kappa shape index (κ1) is 15.4. The topological polar surface area (TPSA) is 88.8 Å². The number of hydrogen-bond donors (Lipinski definition) is 2. The lowest BCUT2D eigenvalue weighted by Gasteiger charge is -2.07. The van der Waals surface area contributed by atoms with E-state index in [-0.39, 0.29) is 5.76 Å². The molecule has 0 fully saturated rings. The second-order valence-corrected chi connectivity index (χ2v) is 4.89. The molecule has 0 saturated carbocycles. The monoisotopic (exact) mass is 323 g/mol. The van der Waals surface area contributed by atoms with Crippen molar-refractivity contribution in [1.29, 1.82) is 0 Å². The van der Waals surface area contributed by atoms with Crippen LogP contribution in [0.4, 0.5) is 5.69 Å². The van der Waals surface area contributed by atoms with Crippen molar-refractivity contribution in [3.8, 4) is 17.2 Å². The van der Waals surface area contributed by atoms with Crippen LogP contribution in [0, 0.1) is 0 Å². The molecule has 0 bridgehead atoms. The van der Waals surface area contributed by atoms with Crippen molar-refractivity contribution < 1.29 is 19.1 Å². The van der Waals surface area contributed by atoms with Gasteiger partial charge in [-0.05, 0) is 36.4 Å². The van der Waals surface area contributed by atoms with Crippen LogP contribution in [0.1, 0.15) is 10.6 Å². The summed E-state index contributed by atoms with van der Waals surface area (Å²) in [4.78, 5) is 23.3. The molecule has 2 aromatic carbocycles. The Labute approximate surface area is 136 Å². The smallest absolute Gasteiger partial charge is 0.291 e. The van der Waals surface area contributed by atoms with Crippen LogP contribution < -0.4 is 15.5 Å². The maximum absolute atomic E-state index is 12.0. The molecule has 0 saturated heterocycles. The molecule has 1 aromatic heterocycles. The van der Waals surface area contributed by atoms with Crippen LogP contribution in [-0.2, 0) is 0 Å². The van der Waals surface area contributed by atoms with E-state index in [0.717, 1.165) is 12.3 Å². The van der Waals surface area contributed by atoms with Gasteiger partial charge in [0.2, 0.25) is 5.43 Å². The maximum Gasteiger partial charge on any atom is 0.291 e. The van der Waals surface area contributed by atoms with E-state index >= 15 is 0 Å². The second kappa shape index (κ2) is 6.70. The summed E-state index contributed by atoms with van der Waals surface area (Å²) in [5.74, 6) is -0.00396. The van der Waals surface area contributed by atoms with E-state index < -0.39 is 17.1 Å². The molecule has 0 atom stereocenters. The molecular weight excluding hydrogens is 310 g/mol. The van der Waals surface area contributed by atoms with E-state index in [4.69, 9.17) is 14.3 Å². The van der Waals surface area contributed by atoms with E-state index in [9.17, 15) is 9.59 Å². The van der Waals surface area contributed by atoms with E-state index in [0.29, 0.717) is 17.2 Å². The van der Waals surface area contributed by atoms with Gasteiger partial charge in [0.1, 0.15) is 17.8 Å². The highest BCUT2D eigenvalue weighted by atomic mass is 16.5. The molecule has 3 aromatic rings. The Morgan fingerprint density at radius 1 is 1.00 bits per heavy atom. The number of nitrogens with one attached hydrogen (secondary N) is 1. The Balaban J connectivity index is 1.68. The molecule has 2 N–H and O–H groups in total. The summed E-state index contributed by atoms with van der Waals surface area (Å²) in [5, 5.41) is 11.7. The third kappa shape index (κ3) is 3.61. The summed E-state index contributed by atoms with van der Waals surface area (Å²) >= 11 is 0. The Morgan fingerprint density at radius 2 is 1.67 bits per heavy atom. The fourth-order valence-corrected chi connectivity index (χ4v) is 1.95. The molecule has 120 valence electrons. The first-order chi connectivity index (χ1) is 11.6. The highest BCUT2D eigenvalue weighted by Crippen LogP contribution is 2.22. The molecule has 3 rings (SSSR count). The number of ether oxygens (including phenoxy) is 1. The van der Waals surface area contributed by atoms with Crippen LogP contribution in [0.15, 0.2) is 76.1 Å². The molecule has 24 heavy (non-hydrogen) atoms. The van der Waals surface area contributed by atoms with Gasteiger partial charge < -0.3 is 19.6 Å². The third-order valence-electron chi connectivity index (χ3n) is 3.13. The van der Waals surface area contributed by atoms with Crippen LogP contribution in [0.2, 0.25) is 0 Å². The molecule has 0 radical (unpaired) electrons. The van der Waals surface area contributed by atoms with Crippen LogP contribution in [0.25, 0.3) is 0 Å². The largest absolute Gasteiger partial charge is 0.502 e. The minimum absolute atomic E-state index is 0.192. The average molecular weight is 323 g/mol. The van der Waals surface area contributed by atoms with Gasteiger partial charge in [-0.1, -0.05) is 18.2 Å². The molecule has 0 aliphatic carbocycles. The first-order valence-electron chi connectivity index (χ1n) is 7.08. The fourth-order valence-electron chi connectivity index (χ4n) is 1.95. The van der Waals surface area contributed by atoms with E-state index in [1.54, 1.807) is 24.3 Å². The van der Waals surface area contributed by atoms with Gasteiger partial charge in [0, 0.05) is 11.8 Å². The average Bonchev–Trinajstić information content (AvgIpc) is 2.60. The number of aromatic hydroxyl groups is 1. The lowest BCUT2D eigenvalue weighted by molar-refractivity contribution is 0.0994. The van der Waals surface area contributed by atoms with Crippen LogP contribution in [-0.4, -0.2) is 11.0 Å². The van der Waals surface area contributed by atoms with Crippen LogP contribution in [0.5, 0.6) is 17.2 Å². The molecule has 6 heteroatoms. The standard InChI is InChI=1S/C18H13NO5/c20-15-10-17(23-11-16(15)21)18(22)19-12-6-8-14(9-7-12)24-13-4-2-1-3-5-13/h1-11,21H,(H,19,22). The van der Waals surface area contributed by atoms with Crippen molar-refractivity contribution in [3.63, 3.8) is 0 Å². The number of anilines is 1. The number of rotatable bonds is 4. The Kier molecular flexibility index (Phi) is 4.29. The van der Waals surface area contributed by atoms with E-state index in [1.165, 1.54) is 0 Å². The van der Waals surface area contributed by atoms with Gasteiger partial charge in [-0.25, -0.2) is 0 Å². The first-order valence-corrected chi connectivity index (χ1v) is 7.08. The second-order valence-electron chi connectivity index (χ2n) is 4.89. The lowest BCUT2D eigenvalue weighted by atomic mass is 10.3. The van der Waals surface area contributed by atoms with Gasteiger partial charge in [0.05, 0.1) is 0 Å². The van der Waals surface area contributed by atoms with Gasteiger partial charge in [0.25, 0.3) is 5.91 Å². The number of para-hydroxylation sites is 1. The van der Waals surface area contributed by atoms with E-state index in [2.05, 4.69) is 5.32 Å². The van der Waals surface area contributed by atoms with Gasteiger partial charge in [-0.2, -0.15) is 0 Å². The fraction of sp³-hybridized carbons (Fsp3) is 0. The van der Waals surface area contributed by atoms with Crippen molar-refractivity contribution >= 4 is 11.6 Å². The molecule has 0 aliphatic heterocycles. The highest BCUT2D eigenvalue weighted by molar-refractivity contribution is 6.02. The van der Waals surface area contributed by atoms with E-state index in [1.807, 2.05) is 30.3 Å². The quantitative estimate of drug-likeness (QED) is 0.768. The summed E-state index contributed by atoms with van der Waals surface area (Å²) in [7, 11) is 0. The number of carbonyl (C=O) groups is 1. The summed E-state index contributed by atoms with van der Waals surface area (Å²) in [6.07, 6.45) is 0.827. The van der Waals surface area contributed by atoms with Crippen molar-refractivity contribution in [2.75, 3.05) is 5.32 Å². The SMILES string of the molecule is O=C(Nc1ccc(Oc2ccccc2)cc1)c1cc(=O)c(O)co1. The van der Waals surface area contributed by atoms with Gasteiger partial charge in [-0.3, -0.25) is 9.59 Å². The van der Waals surface area contributed by atoms with Gasteiger partial charge in [0.15, 0.2) is 11.5 Å². The molecule has 0 aliphatic rings. The molecule has 1 amide bonds. The maximum atomic E-state index is 12.0. The zero-order valence-electron chi connectivity index (χ0n) is 12.4. The molecule has 0 spiro atoms. The minimum atomic E-state index is -0.682. The zero-order valence-corrected chi connectivity index (χ0v) is 12.4. The van der Waals surface area contributed by atoms with Crippen LogP contribution in [0.3, 0.4) is 0 Å². The number of amides is 1. The van der Waals surface area contributed by atoms with Crippen molar-refractivity contribution in [2.45, 2.75) is 0 Å². The molecule has 1 heterocycles. The summed E-state index contributed by atoms with van der Waals surface area (Å²) in [6, 6.07) is 17.0. The third-order valence-corrected chi connectivity index (χ3v) is 3.13. The minimum Gasteiger partial charge on any atom is -0.502 e. The zero-order chi connectivity index (χ0) is 16.9. The van der Waals surface area contributed by atoms with Crippen molar-refractivity contribution in [2.24, 2.45) is 0 Å². The number of benzene rings is 2. The molecular formula is C18H13NO5. The summed E-state index contributed by atoms with van der Waals surface area (Å²) in [6.45, 7) is 0.